The van der Waals surface area contributed by atoms with E-state index in [4.69, 9.17) is 17.0 Å². The summed E-state index contributed by atoms with van der Waals surface area (Å²) in [6, 6.07) is 16.3. The van der Waals surface area contributed by atoms with Gasteiger partial charge in [-0.3, -0.25) is 30.6 Å². The highest BCUT2D eigenvalue weighted by atomic mass is 32.1. The number of nitrogens with one attached hydrogen (secondary N) is 3. The van der Waals surface area contributed by atoms with E-state index in [0.29, 0.717) is 24.4 Å². The van der Waals surface area contributed by atoms with Crippen molar-refractivity contribution in [1.82, 2.24) is 21.1 Å². The van der Waals surface area contributed by atoms with E-state index in [1.165, 1.54) is 0 Å². The Morgan fingerprint density at radius 3 is 2.59 bits per heavy atom. The van der Waals surface area contributed by atoms with Crippen molar-refractivity contribution >= 4 is 35.1 Å². The van der Waals surface area contributed by atoms with Crippen LogP contribution in [-0.4, -0.2) is 40.4 Å². The number of hydrogen-bond donors (Lipinski definition) is 3. The van der Waals surface area contributed by atoms with Gasteiger partial charge in [-0.05, 0) is 49.8 Å². The lowest BCUT2D eigenvalue weighted by molar-refractivity contribution is -0.129. The van der Waals surface area contributed by atoms with Gasteiger partial charge in [-0.1, -0.05) is 36.4 Å². The Hall–Kier alpha value is -3.46. The van der Waals surface area contributed by atoms with Crippen LogP contribution >= 0.6 is 12.2 Å². The molecule has 8 nitrogen and oxygen atoms in total. The standard InChI is InChI=1S/C23H26N4O4S/c1-15(2)31-19-10-6-9-17(11-19)21(29)24-23(32)26-25-22(30)18-12-20(28)27(14-18)13-16-7-4-3-5-8-16/h3-11,15,18H,12-14H2,1-2H3,(H,25,30)(H2,24,26,29,32). The minimum absolute atomic E-state index is 0.0163. The number of hydrogen-bond acceptors (Lipinski definition) is 5. The van der Waals surface area contributed by atoms with Crippen molar-refractivity contribution in [2.75, 3.05) is 6.54 Å². The third-order valence-corrected chi connectivity index (χ3v) is 5.00. The van der Waals surface area contributed by atoms with Gasteiger partial charge in [0.2, 0.25) is 11.8 Å². The fourth-order valence-corrected chi connectivity index (χ4v) is 3.46. The summed E-state index contributed by atoms with van der Waals surface area (Å²) in [5.74, 6) is -0.796. The first-order valence-electron chi connectivity index (χ1n) is 10.3. The summed E-state index contributed by atoms with van der Waals surface area (Å²) in [7, 11) is 0. The summed E-state index contributed by atoms with van der Waals surface area (Å²) in [6.45, 7) is 4.58. The van der Waals surface area contributed by atoms with Crippen LogP contribution in [0.3, 0.4) is 0 Å². The lowest BCUT2D eigenvalue weighted by Crippen LogP contribution is -2.50. The molecule has 0 spiro atoms. The third-order valence-electron chi connectivity index (χ3n) is 4.80. The Morgan fingerprint density at radius 2 is 1.88 bits per heavy atom. The zero-order valence-electron chi connectivity index (χ0n) is 18.0. The van der Waals surface area contributed by atoms with Gasteiger partial charge >= 0.3 is 0 Å². The molecule has 0 bridgehead atoms. The minimum atomic E-state index is -0.498. The lowest BCUT2D eigenvalue weighted by atomic mass is 10.1. The van der Waals surface area contributed by atoms with Crippen molar-refractivity contribution in [3.63, 3.8) is 0 Å². The summed E-state index contributed by atoms with van der Waals surface area (Å²) in [4.78, 5) is 38.8. The molecule has 2 aromatic rings. The normalized spacial score (nSPS) is 15.4. The first kappa shape index (κ1) is 23.2. The van der Waals surface area contributed by atoms with Crippen molar-refractivity contribution in [3.05, 3.63) is 65.7 Å². The van der Waals surface area contributed by atoms with Gasteiger partial charge in [-0.25, -0.2) is 0 Å². The van der Waals surface area contributed by atoms with Crippen LogP contribution in [0, 0.1) is 5.92 Å². The molecule has 1 aliphatic rings. The van der Waals surface area contributed by atoms with Crippen LogP contribution in [0.4, 0.5) is 0 Å². The van der Waals surface area contributed by atoms with Gasteiger partial charge in [0.1, 0.15) is 5.75 Å². The molecule has 2 aromatic carbocycles. The number of carbonyl (C=O) groups is 3. The highest BCUT2D eigenvalue weighted by molar-refractivity contribution is 7.80. The molecule has 0 aliphatic carbocycles. The number of nitrogens with zero attached hydrogens (tertiary/aromatic N) is 1. The maximum atomic E-state index is 12.5. The van der Waals surface area contributed by atoms with Gasteiger partial charge in [-0.2, -0.15) is 0 Å². The van der Waals surface area contributed by atoms with E-state index in [1.807, 2.05) is 44.2 Å². The monoisotopic (exact) mass is 454 g/mol. The molecule has 1 saturated heterocycles. The molecule has 168 valence electrons. The molecule has 1 aliphatic heterocycles. The Labute approximate surface area is 192 Å². The van der Waals surface area contributed by atoms with Gasteiger partial charge in [0.05, 0.1) is 12.0 Å². The van der Waals surface area contributed by atoms with Crippen LogP contribution < -0.4 is 20.9 Å². The predicted molar refractivity (Wildman–Crippen MR) is 124 cm³/mol. The molecule has 1 heterocycles. The van der Waals surface area contributed by atoms with E-state index < -0.39 is 11.8 Å². The van der Waals surface area contributed by atoms with Crippen molar-refractivity contribution in [3.8, 4) is 5.75 Å². The highest BCUT2D eigenvalue weighted by Crippen LogP contribution is 2.20. The number of hydrazine groups is 1. The average Bonchev–Trinajstić information content (AvgIpc) is 3.12. The first-order chi connectivity index (χ1) is 15.3. The van der Waals surface area contributed by atoms with E-state index in [9.17, 15) is 14.4 Å². The van der Waals surface area contributed by atoms with Gasteiger partial charge in [0, 0.05) is 25.1 Å². The molecule has 1 atom stereocenters. The number of carbonyl (C=O) groups excluding carboxylic acids is 3. The number of rotatable bonds is 6. The fourth-order valence-electron chi connectivity index (χ4n) is 3.31. The van der Waals surface area contributed by atoms with Crippen molar-refractivity contribution in [2.24, 2.45) is 5.92 Å². The van der Waals surface area contributed by atoms with E-state index >= 15 is 0 Å². The molecule has 1 fully saturated rings. The summed E-state index contributed by atoms with van der Waals surface area (Å²) < 4.78 is 5.58. The number of benzene rings is 2. The van der Waals surface area contributed by atoms with Crippen LogP contribution in [-0.2, 0) is 16.1 Å². The average molecular weight is 455 g/mol. The molecule has 0 aromatic heterocycles. The number of ether oxygens (including phenoxy) is 1. The predicted octanol–water partition coefficient (Wildman–Crippen LogP) is 2.16. The topological polar surface area (TPSA) is 99.8 Å². The van der Waals surface area contributed by atoms with Crippen molar-refractivity contribution < 1.29 is 19.1 Å². The van der Waals surface area contributed by atoms with Crippen LogP contribution in [0.15, 0.2) is 54.6 Å². The summed E-state index contributed by atoms with van der Waals surface area (Å²) in [5.41, 5.74) is 6.38. The summed E-state index contributed by atoms with van der Waals surface area (Å²) in [6.07, 6.45) is 0.111. The van der Waals surface area contributed by atoms with Gasteiger partial charge in [0.15, 0.2) is 5.11 Å². The summed E-state index contributed by atoms with van der Waals surface area (Å²) >= 11 is 5.09. The van der Waals surface area contributed by atoms with Crippen molar-refractivity contribution in [1.29, 1.82) is 0 Å². The molecule has 3 amide bonds. The van der Waals surface area contributed by atoms with Crippen LogP contribution in [0.5, 0.6) is 5.75 Å². The molecule has 1 unspecified atom stereocenters. The van der Waals surface area contributed by atoms with Crippen LogP contribution in [0.1, 0.15) is 36.2 Å². The first-order valence-corrected chi connectivity index (χ1v) is 10.7. The zero-order valence-corrected chi connectivity index (χ0v) is 18.8. The van der Waals surface area contributed by atoms with Gasteiger partial charge in [0.25, 0.3) is 5.91 Å². The molecular formula is C23H26N4O4S. The molecule has 32 heavy (non-hydrogen) atoms. The molecule has 0 saturated carbocycles. The molecular weight excluding hydrogens is 428 g/mol. The van der Waals surface area contributed by atoms with E-state index in [-0.39, 0.29) is 29.5 Å². The van der Waals surface area contributed by atoms with Gasteiger partial charge in [-0.15, -0.1) is 0 Å². The van der Waals surface area contributed by atoms with Crippen LogP contribution in [0.25, 0.3) is 0 Å². The highest BCUT2D eigenvalue weighted by Gasteiger charge is 2.34. The number of amides is 3. The van der Waals surface area contributed by atoms with E-state index in [1.54, 1.807) is 29.2 Å². The molecule has 9 heteroatoms. The molecule has 3 rings (SSSR count). The van der Waals surface area contributed by atoms with Crippen LogP contribution in [0.2, 0.25) is 0 Å². The maximum absolute atomic E-state index is 12.5. The molecule has 0 radical (unpaired) electrons. The van der Waals surface area contributed by atoms with Gasteiger partial charge < -0.3 is 9.64 Å². The Kier molecular flexibility index (Phi) is 7.77. The fraction of sp³-hybridized carbons (Fsp3) is 0.304. The second-order valence-corrected chi connectivity index (χ2v) is 8.16. The lowest BCUT2D eigenvalue weighted by Gasteiger charge is -2.17. The Morgan fingerprint density at radius 1 is 1.12 bits per heavy atom. The second-order valence-electron chi connectivity index (χ2n) is 7.75. The van der Waals surface area contributed by atoms with E-state index in [0.717, 1.165) is 5.56 Å². The Bertz CT molecular complexity index is 997. The number of likely N-dealkylation sites (tertiary alicyclic amines) is 1. The molecule has 3 N–H and O–H groups in total. The second kappa shape index (κ2) is 10.7. The zero-order chi connectivity index (χ0) is 23.1. The number of thiocarbonyl (C=S) groups is 1. The Balaban J connectivity index is 1.46. The maximum Gasteiger partial charge on any atom is 0.257 e. The summed E-state index contributed by atoms with van der Waals surface area (Å²) in [5, 5.41) is 2.45. The smallest absolute Gasteiger partial charge is 0.257 e. The third kappa shape index (κ3) is 6.52. The minimum Gasteiger partial charge on any atom is -0.491 e. The quantitative estimate of drug-likeness (QED) is 0.457. The SMILES string of the molecule is CC(C)Oc1cccc(C(=O)NC(=S)NNC(=O)C2CC(=O)N(Cc3ccccc3)C2)c1. The largest absolute Gasteiger partial charge is 0.491 e. The van der Waals surface area contributed by atoms with E-state index in [2.05, 4.69) is 16.2 Å². The van der Waals surface area contributed by atoms with Crippen molar-refractivity contribution in [2.45, 2.75) is 32.9 Å².